The third-order valence-corrected chi connectivity index (χ3v) is 7.04. The number of benzene rings is 2. The number of nitro benzene ring substituents is 1. The van der Waals surface area contributed by atoms with Crippen molar-refractivity contribution in [3.8, 4) is 0 Å². The molecule has 0 saturated carbocycles. The van der Waals surface area contributed by atoms with Crippen LogP contribution in [0.15, 0.2) is 57.2 Å². The minimum absolute atomic E-state index is 0.240. The van der Waals surface area contributed by atoms with Gasteiger partial charge in [0.1, 0.15) is 10.6 Å². The van der Waals surface area contributed by atoms with Gasteiger partial charge in [-0.05, 0) is 48.3 Å². The largest absolute Gasteiger partial charge is 0.460 e. The number of hydrogen-bond acceptors (Lipinski definition) is 6. The van der Waals surface area contributed by atoms with Crippen LogP contribution in [-0.2, 0) is 15.6 Å². The molecule has 0 heterocycles. The van der Waals surface area contributed by atoms with Crippen molar-refractivity contribution in [2.75, 3.05) is 17.3 Å². The number of amides is 1. The minimum Gasteiger partial charge on any atom is -0.325 e. The molecule has 0 aliphatic carbocycles. The molecule has 2 rings (SSSR count). The molecular weight excluding hydrogens is 537 g/mol. The van der Waals surface area contributed by atoms with Gasteiger partial charge in [-0.2, -0.15) is 30.7 Å². The number of halogens is 7. The predicted molar refractivity (Wildman–Crippen MR) is 113 cm³/mol. The summed E-state index contributed by atoms with van der Waals surface area (Å²) in [5.41, 5.74) is -0.741. The fraction of sp³-hybridized carbons (Fsp3) is 0.278. The highest BCUT2D eigenvalue weighted by molar-refractivity contribution is 8.00. The fourth-order valence-corrected chi connectivity index (χ4v) is 4.73. The van der Waals surface area contributed by atoms with E-state index in [4.69, 9.17) is 0 Å². The monoisotopic (exact) mass is 550 g/mol. The van der Waals surface area contributed by atoms with E-state index in [1.165, 1.54) is 30.0 Å². The highest BCUT2D eigenvalue weighted by Gasteiger charge is 2.73. The van der Waals surface area contributed by atoms with Gasteiger partial charge >= 0.3 is 17.4 Å². The number of nitrogens with zero attached hydrogens (tertiary/aromatic N) is 1. The first-order chi connectivity index (χ1) is 15.6. The number of nitrogens with one attached hydrogen (secondary N) is 1. The summed E-state index contributed by atoms with van der Waals surface area (Å²) in [7, 11) is -2.18. The predicted octanol–water partition coefficient (Wildman–Crippen LogP) is 5.95. The maximum absolute atomic E-state index is 13.6. The molecule has 16 heteroatoms. The summed E-state index contributed by atoms with van der Waals surface area (Å²) in [6, 6.07) is 7.54. The molecular formula is C18H13F7N2O4S3. The highest BCUT2D eigenvalue weighted by atomic mass is 32.2. The highest BCUT2D eigenvalue weighted by Crippen LogP contribution is 2.53. The Hall–Kier alpha value is -2.33. The van der Waals surface area contributed by atoms with Crippen LogP contribution in [0.2, 0.25) is 0 Å². The van der Waals surface area contributed by atoms with Crippen LogP contribution in [0, 0.1) is 10.1 Å². The Balaban J connectivity index is 2.15. The fourth-order valence-electron chi connectivity index (χ4n) is 2.37. The molecule has 0 aliphatic heterocycles. The Bertz CT molecular complexity index is 1110. The number of thioether (sulfide) groups is 2. The van der Waals surface area contributed by atoms with E-state index >= 15 is 0 Å². The zero-order chi connectivity index (χ0) is 25.9. The summed E-state index contributed by atoms with van der Waals surface area (Å²) >= 11 is 0.146. The van der Waals surface area contributed by atoms with Gasteiger partial charge in [0.25, 0.3) is 5.69 Å². The second-order valence-corrected chi connectivity index (χ2v) is 9.84. The van der Waals surface area contributed by atoms with E-state index in [9.17, 15) is 49.9 Å². The molecule has 0 aliphatic rings. The Morgan fingerprint density at radius 1 is 1.06 bits per heavy atom. The molecule has 1 unspecified atom stereocenters. The maximum atomic E-state index is 13.6. The molecule has 0 spiro atoms. The molecule has 1 amide bonds. The standard InChI is InChI=1S/C18H13F7N2O4S3/c1-32-11-5-6-14(13(8-11)27(29)30)34(31)9-15(28)26-10-3-2-4-12(7-10)33-18(24,25)16(19,20)17(21,22)23/h2-8H,9H2,1H3,(H,26,28). The smallest absolute Gasteiger partial charge is 0.325 e. The van der Waals surface area contributed by atoms with Crippen LogP contribution in [0.5, 0.6) is 0 Å². The van der Waals surface area contributed by atoms with E-state index in [2.05, 4.69) is 5.32 Å². The number of hydrogen-bond donors (Lipinski definition) is 1. The van der Waals surface area contributed by atoms with Crippen LogP contribution in [0.4, 0.5) is 42.1 Å². The van der Waals surface area contributed by atoms with Gasteiger partial charge < -0.3 is 5.32 Å². The van der Waals surface area contributed by atoms with Crippen LogP contribution < -0.4 is 5.32 Å². The number of carbonyl (C=O) groups is 1. The lowest BCUT2D eigenvalue weighted by Crippen LogP contribution is -2.49. The Morgan fingerprint density at radius 3 is 2.26 bits per heavy atom. The van der Waals surface area contributed by atoms with Crippen molar-refractivity contribution in [2.45, 2.75) is 32.0 Å². The van der Waals surface area contributed by atoms with E-state index in [0.717, 1.165) is 24.3 Å². The average Bonchev–Trinajstić information content (AvgIpc) is 2.72. The quantitative estimate of drug-likeness (QED) is 0.180. The Morgan fingerprint density at radius 2 is 1.71 bits per heavy atom. The van der Waals surface area contributed by atoms with Gasteiger partial charge in [0.2, 0.25) is 5.91 Å². The van der Waals surface area contributed by atoms with Gasteiger partial charge in [0.05, 0.1) is 15.7 Å². The first-order valence-electron chi connectivity index (χ1n) is 8.71. The summed E-state index contributed by atoms with van der Waals surface area (Å²) in [4.78, 5) is 22.2. The third-order valence-electron chi connectivity index (χ3n) is 3.96. The van der Waals surface area contributed by atoms with Crippen LogP contribution in [0.25, 0.3) is 0 Å². The van der Waals surface area contributed by atoms with E-state index < -0.39 is 67.1 Å². The summed E-state index contributed by atoms with van der Waals surface area (Å²) in [6.45, 7) is 0. The van der Waals surface area contributed by atoms with Crippen molar-refractivity contribution in [1.29, 1.82) is 0 Å². The first-order valence-corrected chi connectivity index (χ1v) is 12.1. The van der Waals surface area contributed by atoms with Crippen LogP contribution in [0.3, 0.4) is 0 Å². The molecule has 1 N–H and O–H groups in total. The second-order valence-electron chi connectivity index (χ2n) is 6.35. The number of alkyl halides is 7. The van der Waals surface area contributed by atoms with Gasteiger partial charge in [0, 0.05) is 21.5 Å². The second kappa shape index (κ2) is 10.5. The normalized spacial score (nSPS) is 13.4. The van der Waals surface area contributed by atoms with Crippen molar-refractivity contribution >= 4 is 51.6 Å². The molecule has 0 bridgehead atoms. The lowest BCUT2D eigenvalue weighted by atomic mass is 10.3. The molecule has 2 aromatic rings. The van der Waals surface area contributed by atoms with E-state index in [0.29, 0.717) is 4.90 Å². The lowest BCUT2D eigenvalue weighted by Gasteiger charge is -2.27. The average molecular weight is 550 g/mol. The van der Waals surface area contributed by atoms with Crippen molar-refractivity contribution in [1.82, 2.24) is 0 Å². The summed E-state index contributed by atoms with van der Waals surface area (Å²) in [5, 5.41) is 7.82. The van der Waals surface area contributed by atoms with Gasteiger partial charge in [-0.3, -0.25) is 19.1 Å². The van der Waals surface area contributed by atoms with Gasteiger partial charge in [-0.1, -0.05) is 6.07 Å². The third kappa shape index (κ3) is 6.41. The van der Waals surface area contributed by atoms with Gasteiger partial charge in [0.15, 0.2) is 0 Å². The first kappa shape index (κ1) is 27.9. The maximum Gasteiger partial charge on any atom is 0.460 e. The summed E-state index contributed by atoms with van der Waals surface area (Å²) in [6.07, 6.45) is -4.83. The van der Waals surface area contributed by atoms with Crippen molar-refractivity contribution in [3.63, 3.8) is 0 Å². The van der Waals surface area contributed by atoms with E-state index in [1.807, 2.05) is 0 Å². The van der Waals surface area contributed by atoms with Crippen molar-refractivity contribution in [3.05, 3.63) is 52.6 Å². The molecule has 0 fully saturated rings. The SMILES string of the molecule is CSc1ccc(S(=O)CC(=O)Nc2cccc(SC(F)(F)C(F)(F)C(F)(F)F)c2)c([N+](=O)[O-])c1. The van der Waals surface area contributed by atoms with Crippen LogP contribution in [0.1, 0.15) is 0 Å². The molecule has 0 saturated heterocycles. The zero-order valence-corrected chi connectivity index (χ0v) is 19.1. The topological polar surface area (TPSA) is 89.3 Å². The lowest BCUT2D eigenvalue weighted by molar-refractivity contribution is -0.388. The molecule has 1 atom stereocenters. The number of anilines is 1. The molecule has 0 radical (unpaired) electrons. The molecule has 34 heavy (non-hydrogen) atoms. The van der Waals surface area contributed by atoms with Gasteiger partial charge in [-0.25, -0.2) is 0 Å². The van der Waals surface area contributed by atoms with Crippen molar-refractivity contribution < 1.29 is 44.7 Å². The molecule has 186 valence electrons. The Kier molecular flexibility index (Phi) is 8.63. The molecule has 6 nitrogen and oxygen atoms in total. The number of nitro groups is 1. The number of rotatable bonds is 9. The van der Waals surface area contributed by atoms with Crippen LogP contribution >= 0.6 is 23.5 Å². The molecule has 2 aromatic carbocycles. The summed E-state index contributed by atoms with van der Waals surface area (Å²) < 4.78 is 103. The van der Waals surface area contributed by atoms with Crippen molar-refractivity contribution in [2.24, 2.45) is 0 Å². The number of carbonyl (C=O) groups excluding carboxylic acids is 1. The summed E-state index contributed by atoms with van der Waals surface area (Å²) in [5.74, 6) is -8.07. The van der Waals surface area contributed by atoms with Crippen LogP contribution in [-0.4, -0.2) is 44.4 Å². The van der Waals surface area contributed by atoms with E-state index in [1.54, 1.807) is 6.26 Å². The zero-order valence-electron chi connectivity index (χ0n) is 16.7. The molecule has 0 aromatic heterocycles. The van der Waals surface area contributed by atoms with Gasteiger partial charge in [-0.15, -0.1) is 11.8 Å². The van der Waals surface area contributed by atoms with E-state index in [-0.39, 0.29) is 10.6 Å². The Labute approximate surface area is 198 Å². The minimum atomic E-state index is -6.49.